The lowest BCUT2D eigenvalue weighted by Crippen LogP contribution is -2.52. The minimum absolute atomic E-state index is 0.00335. The first-order chi connectivity index (χ1) is 8.63. The molecule has 2 aliphatic rings. The number of carboxylic acid groups (broad SMARTS) is 1. The SMILES string of the molecule is CNC1COCC1C(=O)N1CCOC(C(=O)O)C1. The number of likely N-dealkylation sites (N-methyl/N-ethyl adjacent to an activating group) is 1. The molecule has 2 N–H and O–H groups in total. The van der Waals surface area contributed by atoms with Gasteiger partial charge in [-0.05, 0) is 7.05 Å². The summed E-state index contributed by atoms with van der Waals surface area (Å²) < 4.78 is 10.4. The molecule has 2 aliphatic heterocycles. The number of ether oxygens (including phenoxy) is 2. The van der Waals surface area contributed by atoms with Crippen molar-refractivity contribution in [2.24, 2.45) is 5.92 Å². The quantitative estimate of drug-likeness (QED) is 0.643. The van der Waals surface area contributed by atoms with Gasteiger partial charge in [0.2, 0.25) is 5.91 Å². The molecule has 2 rings (SSSR count). The summed E-state index contributed by atoms with van der Waals surface area (Å²) in [5, 5.41) is 11.9. The monoisotopic (exact) mass is 258 g/mol. The van der Waals surface area contributed by atoms with Crippen LogP contribution >= 0.6 is 0 Å². The smallest absolute Gasteiger partial charge is 0.334 e. The first-order valence-corrected chi connectivity index (χ1v) is 6.01. The van der Waals surface area contributed by atoms with Gasteiger partial charge in [-0.2, -0.15) is 0 Å². The van der Waals surface area contributed by atoms with Crippen molar-refractivity contribution < 1.29 is 24.2 Å². The summed E-state index contributed by atoms with van der Waals surface area (Å²) in [6.45, 7) is 1.72. The van der Waals surface area contributed by atoms with Gasteiger partial charge < -0.3 is 24.8 Å². The predicted molar refractivity (Wildman–Crippen MR) is 61.1 cm³/mol. The van der Waals surface area contributed by atoms with Gasteiger partial charge in [-0.25, -0.2) is 4.79 Å². The minimum Gasteiger partial charge on any atom is -0.479 e. The molecule has 7 nitrogen and oxygen atoms in total. The highest BCUT2D eigenvalue weighted by Gasteiger charge is 2.38. The van der Waals surface area contributed by atoms with Crippen molar-refractivity contribution in [2.45, 2.75) is 12.1 Å². The maximum atomic E-state index is 12.3. The Hall–Kier alpha value is -1.18. The molecule has 2 heterocycles. The molecule has 0 aromatic heterocycles. The molecule has 0 bridgehead atoms. The largest absolute Gasteiger partial charge is 0.479 e. The zero-order valence-electron chi connectivity index (χ0n) is 10.3. The Morgan fingerprint density at radius 3 is 2.83 bits per heavy atom. The Morgan fingerprint density at radius 2 is 2.17 bits per heavy atom. The van der Waals surface area contributed by atoms with E-state index in [1.165, 1.54) is 0 Å². The summed E-state index contributed by atoms with van der Waals surface area (Å²) in [5.41, 5.74) is 0. The van der Waals surface area contributed by atoms with Crippen LogP contribution in [0.4, 0.5) is 0 Å². The summed E-state index contributed by atoms with van der Waals surface area (Å²) >= 11 is 0. The fraction of sp³-hybridized carbons (Fsp3) is 0.818. The number of rotatable bonds is 3. The van der Waals surface area contributed by atoms with Gasteiger partial charge >= 0.3 is 5.97 Å². The molecule has 0 radical (unpaired) electrons. The summed E-state index contributed by atoms with van der Waals surface area (Å²) in [7, 11) is 1.79. The molecule has 0 aromatic rings. The van der Waals surface area contributed by atoms with Gasteiger partial charge in [-0.15, -0.1) is 0 Å². The molecule has 0 aromatic carbocycles. The average molecular weight is 258 g/mol. The van der Waals surface area contributed by atoms with E-state index in [1.807, 2.05) is 0 Å². The predicted octanol–water partition coefficient (Wildman–Crippen LogP) is -1.47. The molecule has 1 amide bonds. The van der Waals surface area contributed by atoms with Gasteiger partial charge in [-0.1, -0.05) is 0 Å². The second-order valence-electron chi connectivity index (χ2n) is 4.52. The van der Waals surface area contributed by atoms with Gasteiger partial charge in [0, 0.05) is 12.6 Å². The highest BCUT2D eigenvalue weighted by atomic mass is 16.5. The number of amides is 1. The van der Waals surface area contributed by atoms with Crippen LogP contribution in [0.3, 0.4) is 0 Å². The first kappa shape index (κ1) is 13.3. The number of hydrogen-bond donors (Lipinski definition) is 2. The van der Waals surface area contributed by atoms with E-state index in [0.29, 0.717) is 19.8 Å². The molecule has 102 valence electrons. The Labute approximate surface area is 105 Å². The Morgan fingerprint density at radius 1 is 1.39 bits per heavy atom. The summed E-state index contributed by atoms with van der Waals surface area (Å²) in [5.74, 6) is -1.32. The highest BCUT2D eigenvalue weighted by Crippen LogP contribution is 2.18. The van der Waals surface area contributed by atoms with Crippen LogP contribution in [0.1, 0.15) is 0 Å². The molecular weight excluding hydrogens is 240 g/mol. The molecule has 18 heavy (non-hydrogen) atoms. The third-order valence-corrected chi connectivity index (χ3v) is 3.42. The number of carbonyl (C=O) groups excluding carboxylic acids is 1. The highest BCUT2D eigenvalue weighted by molar-refractivity contribution is 5.81. The van der Waals surface area contributed by atoms with Crippen LogP contribution < -0.4 is 5.32 Å². The van der Waals surface area contributed by atoms with Crippen molar-refractivity contribution in [1.82, 2.24) is 10.2 Å². The second kappa shape index (κ2) is 5.64. The van der Waals surface area contributed by atoms with Gasteiger partial charge in [0.25, 0.3) is 0 Å². The Bertz CT molecular complexity index is 335. The Balaban J connectivity index is 1.98. The van der Waals surface area contributed by atoms with Crippen molar-refractivity contribution in [3.63, 3.8) is 0 Å². The maximum Gasteiger partial charge on any atom is 0.334 e. The standard InChI is InChI=1S/C11H18N2O5/c1-12-8-6-17-5-7(8)10(14)13-2-3-18-9(4-13)11(15)16/h7-9,12H,2-6H2,1H3,(H,15,16). The van der Waals surface area contributed by atoms with E-state index in [-0.39, 0.29) is 31.0 Å². The molecule has 2 saturated heterocycles. The number of nitrogens with one attached hydrogen (secondary N) is 1. The number of aliphatic carboxylic acids is 1. The number of hydrogen-bond acceptors (Lipinski definition) is 5. The van der Waals surface area contributed by atoms with Crippen LogP contribution in [0.2, 0.25) is 0 Å². The summed E-state index contributed by atoms with van der Waals surface area (Å²) in [6.07, 6.45) is -0.918. The van der Waals surface area contributed by atoms with E-state index in [0.717, 1.165) is 0 Å². The van der Waals surface area contributed by atoms with Crippen LogP contribution in [-0.4, -0.2) is 74.0 Å². The van der Waals surface area contributed by atoms with Crippen molar-refractivity contribution in [1.29, 1.82) is 0 Å². The van der Waals surface area contributed by atoms with Crippen molar-refractivity contribution in [3.8, 4) is 0 Å². The van der Waals surface area contributed by atoms with Crippen molar-refractivity contribution in [2.75, 3.05) is 40.0 Å². The lowest BCUT2D eigenvalue weighted by Gasteiger charge is -2.33. The normalized spacial score (nSPS) is 32.5. The third-order valence-electron chi connectivity index (χ3n) is 3.42. The van der Waals surface area contributed by atoms with E-state index in [2.05, 4.69) is 5.32 Å². The molecular formula is C11H18N2O5. The molecule has 2 fully saturated rings. The number of morpholine rings is 1. The lowest BCUT2D eigenvalue weighted by atomic mass is 10.0. The van der Waals surface area contributed by atoms with Crippen LogP contribution in [0.5, 0.6) is 0 Å². The Kier molecular flexibility index (Phi) is 4.15. The van der Waals surface area contributed by atoms with Gasteiger partial charge in [-0.3, -0.25) is 4.79 Å². The van der Waals surface area contributed by atoms with E-state index >= 15 is 0 Å². The molecule has 0 spiro atoms. The first-order valence-electron chi connectivity index (χ1n) is 6.01. The summed E-state index contributed by atoms with van der Waals surface area (Å²) in [4.78, 5) is 24.7. The fourth-order valence-corrected chi connectivity index (χ4v) is 2.32. The van der Waals surface area contributed by atoms with E-state index < -0.39 is 12.1 Å². The zero-order valence-corrected chi connectivity index (χ0v) is 10.3. The topological polar surface area (TPSA) is 88.1 Å². The van der Waals surface area contributed by atoms with E-state index in [9.17, 15) is 9.59 Å². The molecule has 7 heteroatoms. The number of nitrogens with zero attached hydrogens (tertiary/aromatic N) is 1. The van der Waals surface area contributed by atoms with Crippen LogP contribution in [0.25, 0.3) is 0 Å². The minimum atomic E-state index is -1.03. The third kappa shape index (κ3) is 2.63. The van der Waals surface area contributed by atoms with Crippen LogP contribution in [0, 0.1) is 5.92 Å². The van der Waals surface area contributed by atoms with Gasteiger partial charge in [0.05, 0.1) is 32.3 Å². The fourth-order valence-electron chi connectivity index (χ4n) is 2.32. The van der Waals surface area contributed by atoms with Gasteiger partial charge in [0.1, 0.15) is 0 Å². The maximum absolute atomic E-state index is 12.3. The molecule has 0 aliphatic carbocycles. The van der Waals surface area contributed by atoms with Gasteiger partial charge in [0.15, 0.2) is 6.10 Å². The van der Waals surface area contributed by atoms with Crippen LogP contribution in [-0.2, 0) is 19.1 Å². The average Bonchev–Trinajstić information content (AvgIpc) is 2.86. The van der Waals surface area contributed by atoms with Crippen molar-refractivity contribution >= 4 is 11.9 Å². The molecule has 3 atom stereocenters. The summed E-state index contributed by atoms with van der Waals surface area (Å²) in [6, 6.07) is 0.00335. The number of carboxylic acids is 1. The second-order valence-corrected chi connectivity index (χ2v) is 4.52. The van der Waals surface area contributed by atoms with Crippen LogP contribution in [0.15, 0.2) is 0 Å². The number of carbonyl (C=O) groups is 2. The zero-order chi connectivity index (χ0) is 13.1. The van der Waals surface area contributed by atoms with Crippen molar-refractivity contribution in [3.05, 3.63) is 0 Å². The van der Waals surface area contributed by atoms with E-state index in [1.54, 1.807) is 11.9 Å². The lowest BCUT2D eigenvalue weighted by molar-refractivity contribution is -0.160. The molecule has 0 saturated carbocycles. The molecule has 3 unspecified atom stereocenters. The van der Waals surface area contributed by atoms with E-state index in [4.69, 9.17) is 14.6 Å².